The Hall–Kier alpha value is -2.31. The molecule has 16 heavy (non-hydrogen) atoms. The lowest BCUT2D eigenvalue weighted by molar-refractivity contribution is -0.385. The van der Waals surface area contributed by atoms with E-state index in [0.717, 1.165) is 0 Å². The number of carbonyl (C=O) groups is 1. The van der Waals surface area contributed by atoms with E-state index >= 15 is 0 Å². The van der Waals surface area contributed by atoms with Gasteiger partial charge in [0.2, 0.25) is 0 Å². The summed E-state index contributed by atoms with van der Waals surface area (Å²) in [4.78, 5) is 21.2. The van der Waals surface area contributed by atoms with Crippen molar-refractivity contribution in [3.63, 3.8) is 0 Å². The number of aromatic hydroxyl groups is 1. The highest BCUT2D eigenvalue weighted by Gasteiger charge is 2.28. The van der Waals surface area contributed by atoms with Crippen molar-refractivity contribution in [3.05, 3.63) is 33.9 Å². The van der Waals surface area contributed by atoms with Gasteiger partial charge in [0.25, 0.3) is 5.69 Å². The molecule has 7 heteroatoms. The quantitative estimate of drug-likeness (QED) is 0.505. The molecule has 1 saturated heterocycles. The molecule has 0 spiro atoms. The summed E-state index contributed by atoms with van der Waals surface area (Å²) in [6.07, 6.45) is 0. The van der Waals surface area contributed by atoms with Gasteiger partial charge in [-0.05, 0) is 12.1 Å². The van der Waals surface area contributed by atoms with E-state index in [1.807, 2.05) is 0 Å². The van der Waals surface area contributed by atoms with Crippen molar-refractivity contribution in [1.82, 2.24) is 10.6 Å². The van der Waals surface area contributed by atoms with E-state index in [1.165, 1.54) is 18.2 Å². The van der Waals surface area contributed by atoms with Crippen molar-refractivity contribution in [2.24, 2.45) is 0 Å². The average Bonchev–Trinajstić information content (AvgIpc) is 2.64. The lowest BCUT2D eigenvalue weighted by Crippen LogP contribution is -2.22. The molecule has 7 nitrogen and oxygen atoms in total. The monoisotopic (exact) mass is 223 g/mol. The van der Waals surface area contributed by atoms with Crippen molar-refractivity contribution in [2.45, 2.75) is 6.04 Å². The Bertz CT molecular complexity index is 460. The number of amides is 2. The molecule has 0 radical (unpaired) electrons. The van der Waals surface area contributed by atoms with Gasteiger partial charge in [-0.15, -0.1) is 0 Å². The molecule has 1 aromatic carbocycles. The van der Waals surface area contributed by atoms with Crippen LogP contribution in [-0.4, -0.2) is 22.6 Å². The molecule has 2 rings (SSSR count). The maximum atomic E-state index is 10.9. The van der Waals surface area contributed by atoms with Crippen LogP contribution in [0.2, 0.25) is 0 Å². The van der Waals surface area contributed by atoms with Crippen LogP contribution in [0.5, 0.6) is 5.75 Å². The van der Waals surface area contributed by atoms with E-state index < -0.39 is 11.0 Å². The molecule has 0 aliphatic carbocycles. The van der Waals surface area contributed by atoms with Gasteiger partial charge in [-0.3, -0.25) is 10.1 Å². The number of hydrogen-bond acceptors (Lipinski definition) is 4. The Balaban J connectivity index is 2.41. The van der Waals surface area contributed by atoms with Gasteiger partial charge in [-0.1, -0.05) is 0 Å². The zero-order valence-corrected chi connectivity index (χ0v) is 8.14. The van der Waals surface area contributed by atoms with Crippen LogP contribution in [0.4, 0.5) is 10.5 Å². The second-order valence-electron chi connectivity index (χ2n) is 3.41. The molecule has 2 amide bonds. The molecule has 3 N–H and O–H groups in total. The molecule has 1 aromatic rings. The minimum atomic E-state index is -0.542. The zero-order chi connectivity index (χ0) is 11.7. The van der Waals surface area contributed by atoms with Crippen LogP contribution in [0.3, 0.4) is 0 Å². The molecular weight excluding hydrogens is 214 g/mol. The Morgan fingerprint density at radius 1 is 1.50 bits per heavy atom. The first-order valence-corrected chi connectivity index (χ1v) is 4.59. The van der Waals surface area contributed by atoms with Crippen LogP contribution in [0.15, 0.2) is 18.2 Å². The highest BCUT2D eigenvalue weighted by atomic mass is 16.6. The number of hydrogen-bond donors (Lipinski definition) is 3. The first kappa shape index (κ1) is 10.2. The van der Waals surface area contributed by atoms with Crippen LogP contribution >= 0.6 is 0 Å². The minimum Gasteiger partial charge on any atom is -0.508 e. The van der Waals surface area contributed by atoms with Gasteiger partial charge < -0.3 is 15.7 Å². The number of carbonyl (C=O) groups excluding carboxylic acids is 1. The normalized spacial score (nSPS) is 19.0. The SMILES string of the molecule is O=C1NC[C@@H](c2cc(O)ccc2[N+](=O)[O-])N1. The summed E-state index contributed by atoms with van der Waals surface area (Å²) < 4.78 is 0. The smallest absolute Gasteiger partial charge is 0.315 e. The fraction of sp³-hybridized carbons (Fsp3) is 0.222. The molecule has 1 heterocycles. The maximum Gasteiger partial charge on any atom is 0.315 e. The Kier molecular flexibility index (Phi) is 2.35. The van der Waals surface area contributed by atoms with Crippen LogP contribution in [0, 0.1) is 10.1 Å². The standard InChI is InChI=1S/C9H9N3O4/c13-5-1-2-8(12(15)16)6(3-5)7-4-10-9(14)11-7/h1-3,7,13H,4H2,(H2,10,11,14)/t7-/m0/s1. The van der Waals surface area contributed by atoms with Crippen molar-refractivity contribution in [3.8, 4) is 5.75 Å². The van der Waals surface area contributed by atoms with Gasteiger partial charge in [0.15, 0.2) is 0 Å². The lowest BCUT2D eigenvalue weighted by atomic mass is 10.1. The summed E-state index contributed by atoms with van der Waals surface area (Å²) in [5, 5.41) is 25.1. The Morgan fingerprint density at radius 3 is 2.81 bits per heavy atom. The molecule has 0 unspecified atom stereocenters. The number of nitro groups is 1. The summed E-state index contributed by atoms with van der Waals surface area (Å²) in [5.74, 6) is -0.0678. The minimum absolute atomic E-state index is 0.0678. The zero-order valence-electron chi connectivity index (χ0n) is 8.14. The summed E-state index contributed by atoms with van der Waals surface area (Å²) in [6, 6.07) is 2.89. The molecule has 84 valence electrons. The summed E-state index contributed by atoms with van der Waals surface area (Å²) in [5.41, 5.74) is 0.176. The summed E-state index contributed by atoms with van der Waals surface area (Å²) >= 11 is 0. The number of benzene rings is 1. The van der Waals surface area contributed by atoms with E-state index in [4.69, 9.17) is 0 Å². The van der Waals surface area contributed by atoms with E-state index in [1.54, 1.807) is 0 Å². The first-order valence-electron chi connectivity index (χ1n) is 4.59. The molecule has 1 atom stereocenters. The van der Waals surface area contributed by atoms with E-state index in [0.29, 0.717) is 5.56 Å². The van der Waals surface area contributed by atoms with Crippen LogP contribution in [0.25, 0.3) is 0 Å². The average molecular weight is 223 g/mol. The van der Waals surface area contributed by atoms with Gasteiger partial charge >= 0.3 is 6.03 Å². The van der Waals surface area contributed by atoms with Crippen LogP contribution in [0.1, 0.15) is 11.6 Å². The van der Waals surface area contributed by atoms with Crippen molar-refractivity contribution in [2.75, 3.05) is 6.54 Å². The van der Waals surface area contributed by atoms with Gasteiger partial charge in [0.1, 0.15) is 5.75 Å². The first-order chi connectivity index (χ1) is 7.58. The third kappa shape index (κ3) is 1.74. The van der Waals surface area contributed by atoms with Gasteiger partial charge in [-0.25, -0.2) is 4.79 Å². The molecule has 0 bridgehead atoms. The van der Waals surface area contributed by atoms with Crippen molar-refractivity contribution >= 4 is 11.7 Å². The number of urea groups is 1. The number of phenolic OH excluding ortho intramolecular Hbond substituents is 1. The van der Waals surface area contributed by atoms with Crippen molar-refractivity contribution in [1.29, 1.82) is 0 Å². The largest absolute Gasteiger partial charge is 0.508 e. The van der Waals surface area contributed by atoms with Crippen LogP contribution in [-0.2, 0) is 0 Å². The molecular formula is C9H9N3O4. The maximum absolute atomic E-state index is 10.9. The third-order valence-electron chi connectivity index (χ3n) is 2.36. The predicted molar refractivity (Wildman–Crippen MR) is 54.0 cm³/mol. The Labute approximate surface area is 90.2 Å². The number of phenols is 1. The second kappa shape index (κ2) is 3.69. The van der Waals surface area contributed by atoms with Crippen molar-refractivity contribution < 1.29 is 14.8 Å². The fourth-order valence-electron chi connectivity index (χ4n) is 1.63. The summed E-state index contributed by atoms with van der Waals surface area (Å²) in [7, 11) is 0. The molecule has 1 fully saturated rings. The van der Waals surface area contributed by atoms with E-state index in [9.17, 15) is 20.0 Å². The number of nitro benzene ring substituents is 1. The topological polar surface area (TPSA) is 104 Å². The van der Waals surface area contributed by atoms with Gasteiger partial charge in [0, 0.05) is 12.6 Å². The lowest BCUT2D eigenvalue weighted by Gasteiger charge is -2.09. The molecule has 1 aliphatic heterocycles. The van der Waals surface area contributed by atoms with Gasteiger partial charge in [-0.2, -0.15) is 0 Å². The molecule has 1 aliphatic rings. The molecule has 0 saturated carbocycles. The highest BCUT2D eigenvalue weighted by molar-refractivity contribution is 5.77. The van der Waals surface area contributed by atoms with E-state index in [2.05, 4.69) is 10.6 Å². The highest BCUT2D eigenvalue weighted by Crippen LogP contribution is 2.29. The van der Waals surface area contributed by atoms with E-state index in [-0.39, 0.29) is 24.0 Å². The predicted octanol–water partition coefficient (Wildman–Crippen LogP) is 0.654. The number of nitrogens with one attached hydrogen (secondary N) is 2. The van der Waals surface area contributed by atoms with Crippen LogP contribution < -0.4 is 10.6 Å². The Morgan fingerprint density at radius 2 is 2.25 bits per heavy atom. The number of rotatable bonds is 2. The third-order valence-corrected chi connectivity index (χ3v) is 2.36. The summed E-state index contributed by atoms with van der Waals surface area (Å²) in [6.45, 7) is 0.267. The fourth-order valence-corrected chi connectivity index (χ4v) is 1.63. The van der Waals surface area contributed by atoms with Gasteiger partial charge in [0.05, 0.1) is 16.5 Å². The number of nitrogens with zero attached hydrogens (tertiary/aromatic N) is 1. The second-order valence-corrected chi connectivity index (χ2v) is 3.41. The molecule has 0 aromatic heterocycles.